The topological polar surface area (TPSA) is 50.1 Å². The second kappa shape index (κ2) is 5.16. The van der Waals surface area contributed by atoms with Crippen LogP contribution in [0.2, 0.25) is 0 Å². The summed E-state index contributed by atoms with van der Waals surface area (Å²) in [6.45, 7) is 6.52. The number of ether oxygens (including phenoxy) is 1. The molecule has 0 aromatic heterocycles. The van der Waals surface area contributed by atoms with Gasteiger partial charge in [-0.15, -0.1) is 0 Å². The Labute approximate surface area is 97.1 Å². The minimum absolute atomic E-state index is 0.234. The molecule has 0 heterocycles. The Morgan fingerprint density at radius 3 is 2.44 bits per heavy atom. The Morgan fingerprint density at radius 2 is 2.00 bits per heavy atom. The third-order valence-corrected chi connectivity index (χ3v) is 3.15. The molecule has 1 rings (SSSR count). The van der Waals surface area contributed by atoms with Gasteiger partial charge < -0.3 is 4.74 Å². The van der Waals surface area contributed by atoms with Gasteiger partial charge in [-0.2, -0.15) is 5.26 Å². The number of carbonyl (C=O) groups is 1. The van der Waals surface area contributed by atoms with Crippen molar-refractivity contribution < 1.29 is 9.53 Å². The minimum atomic E-state index is -0.459. The first-order chi connectivity index (χ1) is 7.50. The first-order valence-electron chi connectivity index (χ1n) is 5.79. The van der Waals surface area contributed by atoms with Crippen LogP contribution in [-0.2, 0) is 9.53 Å². The molecule has 0 amide bonds. The van der Waals surface area contributed by atoms with Crippen LogP contribution in [0.15, 0.2) is 11.1 Å². The summed E-state index contributed by atoms with van der Waals surface area (Å²) in [6, 6.07) is 1.99. The summed E-state index contributed by atoms with van der Waals surface area (Å²) in [7, 11) is 0. The lowest BCUT2D eigenvalue weighted by molar-refractivity contribution is -0.138. The zero-order valence-corrected chi connectivity index (χ0v) is 10.3. The van der Waals surface area contributed by atoms with Crippen LogP contribution in [0.25, 0.3) is 0 Å². The molecule has 3 nitrogen and oxygen atoms in total. The smallest absolute Gasteiger partial charge is 0.348 e. The number of hydrogen-bond acceptors (Lipinski definition) is 3. The van der Waals surface area contributed by atoms with E-state index < -0.39 is 5.97 Å². The van der Waals surface area contributed by atoms with E-state index in [1.807, 2.05) is 6.07 Å². The molecule has 0 radical (unpaired) electrons. The van der Waals surface area contributed by atoms with Crippen LogP contribution in [0.3, 0.4) is 0 Å². The van der Waals surface area contributed by atoms with Gasteiger partial charge >= 0.3 is 5.97 Å². The summed E-state index contributed by atoms with van der Waals surface area (Å²) in [5.41, 5.74) is 1.54. The SMILES string of the molecule is CCOC(=O)C(C#N)=C1CCC(C)(C)CC1. The van der Waals surface area contributed by atoms with Crippen molar-refractivity contribution in [2.24, 2.45) is 5.41 Å². The van der Waals surface area contributed by atoms with Crippen molar-refractivity contribution in [2.45, 2.75) is 46.5 Å². The molecule has 0 unspecified atom stereocenters. The maximum absolute atomic E-state index is 11.5. The van der Waals surface area contributed by atoms with Gasteiger partial charge in [0.1, 0.15) is 11.6 Å². The van der Waals surface area contributed by atoms with Gasteiger partial charge in [0.2, 0.25) is 0 Å². The van der Waals surface area contributed by atoms with Gasteiger partial charge in [-0.1, -0.05) is 13.8 Å². The molecule has 0 aromatic carbocycles. The molecular weight excluding hydrogens is 202 g/mol. The molecule has 1 saturated carbocycles. The number of carbonyl (C=O) groups excluding carboxylic acids is 1. The zero-order chi connectivity index (χ0) is 12.2. The van der Waals surface area contributed by atoms with E-state index in [0.29, 0.717) is 12.0 Å². The lowest BCUT2D eigenvalue weighted by Crippen LogP contribution is -2.19. The average molecular weight is 221 g/mol. The van der Waals surface area contributed by atoms with E-state index in [1.165, 1.54) is 0 Å². The van der Waals surface area contributed by atoms with Gasteiger partial charge in [0.25, 0.3) is 0 Å². The van der Waals surface area contributed by atoms with Crippen LogP contribution in [-0.4, -0.2) is 12.6 Å². The third kappa shape index (κ3) is 3.10. The van der Waals surface area contributed by atoms with Crippen molar-refractivity contribution in [1.29, 1.82) is 5.26 Å². The number of hydrogen-bond donors (Lipinski definition) is 0. The summed E-state index contributed by atoms with van der Waals surface area (Å²) in [5.74, 6) is -0.459. The Balaban J connectivity index is 2.80. The fourth-order valence-electron chi connectivity index (χ4n) is 1.95. The molecule has 0 atom stereocenters. The lowest BCUT2D eigenvalue weighted by atomic mass is 9.74. The molecule has 0 bridgehead atoms. The summed E-state index contributed by atoms with van der Waals surface area (Å²) >= 11 is 0. The monoisotopic (exact) mass is 221 g/mol. The third-order valence-electron chi connectivity index (χ3n) is 3.15. The van der Waals surface area contributed by atoms with Crippen molar-refractivity contribution in [2.75, 3.05) is 6.61 Å². The highest BCUT2D eigenvalue weighted by Gasteiger charge is 2.27. The summed E-state index contributed by atoms with van der Waals surface area (Å²) < 4.78 is 4.88. The normalized spacial score (nSPS) is 18.8. The maximum atomic E-state index is 11.5. The highest BCUT2D eigenvalue weighted by molar-refractivity contribution is 5.93. The molecule has 0 aliphatic heterocycles. The van der Waals surface area contributed by atoms with Crippen molar-refractivity contribution in [3.8, 4) is 6.07 Å². The van der Waals surface area contributed by atoms with Crippen LogP contribution in [0, 0.1) is 16.7 Å². The number of esters is 1. The summed E-state index contributed by atoms with van der Waals surface area (Å²) in [4.78, 5) is 11.5. The van der Waals surface area contributed by atoms with Gasteiger partial charge in [0.15, 0.2) is 0 Å². The molecule has 16 heavy (non-hydrogen) atoms. The molecule has 0 N–H and O–H groups in total. The fraction of sp³-hybridized carbons (Fsp3) is 0.692. The van der Waals surface area contributed by atoms with Crippen molar-refractivity contribution >= 4 is 5.97 Å². The number of rotatable bonds is 2. The van der Waals surface area contributed by atoms with E-state index in [2.05, 4.69) is 13.8 Å². The van der Waals surface area contributed by atoms with E-state index in [0.717, 1.165) is 31.3 Å². The van der Waals surface area contributed by atoms with Crippen molar-refractivity contribution in [3.63, 3.8) is 0 Å². The second-order valence-electron chi connectivity index (χ2n) is 4.98. The molecule has 3 heteroatoms. The summed E-state index contributed by atoms with van der Waals surface area (Å²) in [6.07, 6.45) is 3.75. The first-order valence-corrected chi connectivity index (χ1v) is 5.79. The number of nitrogens with zero attached hydrogens (tertiary/aromatic N) is 1. The Hall–Kier alpha value is -1.30. The molecule has 1 aliphatic rings. The highest BCUT2D eigenvalue weighted by atomic mass is 16.5. The largest absolute Gasteiger partial charge is 0.462 e. The van der Waals surface area contributed by atoms with Gasteiger partial charge in [-0.3, -0.25) is 0 Å². The number of allylic oxidation sites excluding steroid dienone is 1. The maximum Gasteiger partial charge on any atom is 0.348 e. The molecule has 1 aliphatic carbocycles. The van der Waals surface area contributed by atoms with Crippen LogP contribution in [0.4, 0.5) is 0 Å². The Kier molecular flexibility index (Phi) is 4.12. The van der Waals surface area contributed by atoms with E-state index in [1.54, 1.807) is 6.92 Å². The van der Waals surface area contributed by atoms with Gasteiger partial charge in [-0.05, 0) is 43.6 Å². The fourth-order valence-corrected chi connectivity index (χ4v) is 1.95. The zero-order valence-electron chi connectivity index (χ0n) is 10.3. The predicted octanol–water partition coefficient (Wildman–Crippen LogP) is 2.97. The van der Waals surface area contributed by atoms with Crippen LogP contribution < -0.4 is 0 Å². The lowest BCUT2D eigenvalue weighted by Gasteiger charge is -2.31. The van der Waals surface area contributed by atoms with Crippen LogP contribution in [0.5, 0.6) is 0 Å². The number of nitriles is 1. The van der Waals surface area contributed by atoms with Crippen molar-refractivity contribution in [3.05, 3.63) is 11.1 Å². The van der Waals surface area contributed by atoms with E-state index >= 15 is 0 Å². The minimum Gasteiger partial charge on any atom is -0.462 e. The standard InChI is InChI=1S/C13H19NO2/c1-4-16-12(15)11(9-14)10-5-7-13(2,3)8-6-10/h4-8H2,1-3H3. The van der Waals surface area contributed by atoms with E-state index in [9.17, 15) is 4.79 Å². The highest BCUT2D eigenvalue weighted by Crippen LogP contribution is 2.38. The first kappa shape index (κ1) is 12.8. The Bertz CT molecular complexity index is 335. The second-order valence-corrected chi connectivity index (χ2v) is 4.98. The predicted molar refractivity (Wildman–Crippen MR) is 61.5 cm³/mol. The van der Waals surface area contributed by atoms with Gasteiger partial charge in [-0.25, -0.2) is 4.79 Å². The molecule has 0 saturated heterocycles. The van der Waals surface area contributed by atoms with E-state index in [-0.39, 0.29) is 5.57 Å². The molecule has 1 fully saturated rings. The van der Waals surface area contributed by atoms with Gasteiger partial charge in [0.05, 0.1) is 6.61 Å². The molecule has 0 spiro atoms. The molecular formula is C13H19NO2. The Morgan fingerprint density at radius 1 is 1.44 bits per heavy atom. The quantitative estimate of drug-likeness (QED) is 0.409. The van der Waals surface area contributed by atoms with Crippen LogP contribution >= 0.6 is 0 Å². The van der Waals surface area contributed by atoms with Crippen molar-refractivity contribution in [1.82, 2.24) is 0 Å². The van der Waals surface area contributed by atoms with Crippen LogP contribution in [0.1, 0.15) is 46.5 Å². The molecule has 88 valence electrons. The van der Waals surface area contributed by atoms with Gasteiger partial charge in [0, 0.05) is 0 Å². The van der Waals surface area contributed by atoms with E-state index in [4.69, 9.17) is 10.00 Å². The summed E-state index contributed by atoms with van der Waals surface area (Å²) in [5, 5.41) is 9.00. The average Bonchev–Trinajstić information content (AvgIpc) is 2.22. The molecule has 0 aromatic rings.